The van der Waals surface area contributed by atoms with Gasteiger partial charge in [-0.2, -0.15) is 8.42 Å². The molecule has 1 N–H and O–H groups in total. The van der Waals surface area contributed by atoms with Crippen LogP contribution in [0.4, 0.5) is 4.79 Å². The van der Waals surface area contributed by atoms with E-state index in [0.717, 1.165) is 24.7 Å². The van der Waals surface area contributed by atoms with E-state index in [0.29, 0.717) is 19.3 Å². The first-order valence-corrected chi connectivity index (χ1v) is 14.9. The molecular formula is C27H38O9S. The van der Waals surface area contributed by atoms with Gasteiger partial charge >= 0.3 is 6.16 Å². The van der Waals surface area contributed by atoms with E-state index in [1.54, 1.807) is 12.2 Å². The van der Waals surface area contributed by atoms with E-state index < -0.39 is 51.2 Å². The highest BCUT2D eigenvalue weighted by atomic mass is 32.2. The first kappa shape index (κ1) is 28.0. The maximum atomic E-state index is 13.7. The Morgan fingerprint density at radius 1 is 1.22 bits per heavy atom. The minimum absolute atomic E-state index is 0.0129. The Morgan fingerprint density at radius 2 is 1.95 bits per heavy atom. The summed E-state index contributed by atoms with van der Waals surface area (Å²) in [5, 5.41) is 11.6. The summed E-state index contributed by atoms with van der Waals surface area (Å²) in [5.41, 5.74) is -2.11. The van der Waals surface area contributed by atoms with Gasteiger partial charge in [0.25, 0.3) is 10.1 Å². The van der Waals surface area contributed by atoms with Crippen molar-refractivity contribution >= 4 is 27.8 Å². The zero-order valence-electron chi connectivity index (χ0n) is 22.0. The second-order valence-corrected chi connectivity index (χ2v) is 13.2. The first-order chi connectivity index (χ1) is 17.3. The molecule has 0 bridgehead atoms. The quantitative estimate of drug-likeness (QED) is 0.280. The van der Waals surface area contributed by atoms with Gasteiger partial charge in [-0.25, -0.2) is 4.79 Å². The van der Waals surface area contributed by atoms with Gasteiger partial charge in [0.05, 0.1) is 19.0 Å². The lowest BCUT2D eigenvalue weighted by Gasteiger charge is -2.59. The lowest BCUT2D eigenvalue weighted by molar-refractivity contribution is -0.183. The lowest BCUT2D eigenvalue weighted by Crippen LogP contribution is -2.63. The van der Waals surface area contributed by atoms with Crippen LogP contribution in [0.2, 0.25) is 0 Å². The molecule has 206 valence electrons. The van der Waals surface area contributed by atoms with E-state index in [9.17, 15) is 27.9 Å². The molecule has 0 radical (unpaired) electrons. The van der Waals surface area contributed by atoms with Crippen molar-refractivity contribution in [3.63, 3.8) is 0 Å². The summed E-state index contributed by atoms with van der Waals surface area (Å²) in [6.45, 7) is 5.25. The molecule has 10 heteroatoms. The molecule has 4 rings (SSSR count). The number of aliphatic hydroxyl groups excluding tert-OH is 1. The fraction of sp³-hybridized carbons (Fsp3) is 0.741. The van der Waals surface area contributed by atoms with Crippen LogP contribution < -0.4 is 0 Å². The Labute approximate surface area is 218 Å². The lowest BCUT2D eigenvalue weighted by atomic mass is 9.46. The van der Waals surface area contributed by atoms with Gasteiger partial charge in [-0.15, -0.1) is 0 Å². The first-order valence-electron chi connectivity index (χ1n) is 13.1. The van der Waals surface area contributed by atoms with Crippen LogP contribution in [0.1, 0.15) is 65.7 Å². The normalized spacial score (nSPS) is 38.7. The summed E-state index contributed by atoms with van der Waals surface area (Å²) < 4.78 is 39.3. The summed E-state index contributed by atoms with van der Waals surface area (Å²) in [5.74, 6) is -0.918. The maximum absolute atomic E-state index is 13.7. The number of aliphatic hydroxyl groups is 1. The van der Waals surface area contributed by atoms with E-state index in [1.165, 1.54) is 0 Å². The maximum Gasteiger partial charge on any atom is 0.509 e. The number of ether oxygens (including phenoxy) is 2. The molecule has 4 aliphatic rings. The Bertz CT molecular complexity index is 1120. The van der Waals surface area contributed by atoms with Crippen LogP contribution in [0.25, 0.3) is 0 Å². The SMILES string of the molecule is CCCCOC(=O)O[C@]1(C(=O)COS(C)(=O)=O)CC[C@H]2[C@@H]3CCC4=CC(=O)C=C[C@]4(C)[C@H]3C(O)C[C@@]21C. The van der Waals surface area contributed by atoms with Crippen LogP contribution in [0.5, 0.6) is 0 Å². The zero-order chi connectivity index (χ0) is 27.2. The number of carbonyl (C=O) groups is 3. The monoisotopic (exact) mass is 538 g/mol. The third-order valence-corrected chi connectivity index (χ3v) is 9.99. The van der Waals surface area contributed by atoms with Gasteiger partial charge in [-0.3, -0.25) is 13.8 Å². The van der Waals surface area contributed by atoms with Gasteiger partial charge in [0.1, 0.15) is 6.61 Å². The van der Waals surface area contributed by atoms with Crippen molar-refractivity contribution in [3.05, 3.63) is 23.8 Å². The van der Waals surface area contributed by atoms with E-state index >= 15 is 0 Å². The molecule has 7 atom stereocenters. The van der Waals surface area contributed by atoms with Gasteiger partial charge < -0.3 is 14.6 Å². The van der Waals surface area contributed by atoms with E-state index in [2.05, 4.69) is 6.92 Å². The zero-order valence-corrected chi connectivity index (χ0v) is 22.8. The highest BCUT2D eigenvalue weighted by Crippen LogP contribution is 2.68. The van der Waals surface area contributed by atoms with Gasteiger partial charge in [-0.1, -0.05) is 38.8 Å². The molecule has 0 saturated heterocycles. The van der Waals surface area contributed by atoms with Crippen molar-refractivity contribution in [1.29, 1.82) is 0 Å². The topological polar surface area (TPSA) is 133 Å². The highest BCUT2D eigenvalue weighted by molar-refractivity contribution is 7.86. The second-order valence-electron chi connectivity index (χ2n) is 11.5. The van der Waals surface area contributed by atoms with Crippen molar-refractivity contribution in [2.75, 3.05) is 19.5 Å². The predicted molar refractivity (Wildman–Crippen MR) is 134 cm³/mol. The largest absolute Gasteiger partial charge is 0.509 e. The molecule has 0 aliphatic heterocycles. The number of unbranched alkanes of at least 4 members (excludes halogenated alkanes) is 1. The number of hydrogen-bond donors (Lipinski definition) is 1. The van der Waals surface area contributed by atoms with E-state index in [-0.39, 0.29) is 43.0 Å². The Balaban J connectivity index is 1.69. The van der Waals surface area contributed by atoms with E-state index in [1.807, 2.05) is 19.9 Å². The molecule has 9 nitrogen and oxygen atoms in total. The molecule has 0 spiro atoms. The van der Waals surface area contributed by atoms with Gasteiger partial charge in [-0.05, 0) is 62.5 Å². The summed E-state index contributed by atoms with van der Waals surface area (Å²) >= 11 is 0. The number of Topliss-reactive ketones (excluding diaryl/α,β-unsaturated/α-hetero) is 1. The molecule has 4 aliphatic carbocycles. The Kier molecular flexibility index (Phi) is 7.51. The third kappa shape index (κ3) is 4.81. The third-order valence-electron chi connectivity index (χ3n) is 9.45. The highest BCUT2D eigenvalue weighted by Gasteiger charge is 2.70. The van der Waals surface area contributed by atoms with Gasteiger partial charge in [0.15, 0.2) is 11.4 Å². The molecule has 0 amide bonds. The fourth-order valence-corrected chi connectivity index (χ4v) is 8.07. The standard InChI is InChI=1S/C27H38O9S/c1-5-6-13-34-24(31)36-27(22(30)16-35-37(4,32)33)12-10-20-19-8-7-17-14-18(28)9-11-25(17,2)23(19)21(29)15-26(20,27)3/h9,11,14,19-21,23,29H,5-8,10,12-13,15-16H2,1-4H3/t19-,20-,21?,23+,25-,26-,27-/m0/s1. The fourth-order valence-electron chi connectivity index (χ4n) is 7.74. The number of hydrogen-bond acceptors (Lipinski definition) is 9. The molecule has 37 heavy (non-hydrogen) atoms. The number of rotatable bonds is 8. The van der Waals surface area contributed by atoms with Crippen molar-refractivity contribution in [3.8, 4) is 0 Å². The van der Waals surface area contributed by atoms with Crippen LogP contribution in [-0.4, -0.2) is 62.4 Å². The average molecular weight is 539 g/mol. The molecule has 3 fully saturated rings. The molecule has 0 aromatic carbocycles. The predicted octanol–water partition coefficient (Wildman–Crippen LogP) is 3.50. The van der Waals surface area contributed by atoms with Gasteiger partial charge in [0, 0.05) is 16.7 Å². The minimum atomic E-state index is -3.91. The summed E-state index contributed by atoms with van der Waals surface area (Å²) in [6.07, 6.45) is 8.00. The van der Waals surface area contributed by atoms with Crippen LogP contribution in [-0.2, 0) is 33.4 Å². The number of allylic oxidation sites excluding steroid dienone is 4. The van der Waals surface area contributed by atoms with E-state index in [4.69, 9.17) is 13.7 Å². The second kappa shape index (κ2) is 9.93. The molecular weight excluding hydrogens is 500 g/mol. The Hall–Kier alpha value is -2.04. The summed E-state index contributed by atoms with van der Waals surface area (Å²) in [6, 6.07) is 0. The minimum Gasteiger partial charge on any atom is -0.434 e. The molecule has 0 heterocycles. The number of carbonyl (C=O) groups excluding carboxylic acids is 3. The smallest absolute Gasteiger partial charge is 0.434 e. The van der Waals surface area contributed by atoms with Crippen molar-refractivity contribution in [2.45, 2.75) is 77.4 Å². The van der Waals surface area contributed by atoms with Gasteiger partial charge in [0.2, 0.25) is 5.78 Å². The number of ketones is 2. The van der Waals surface area contributed by atoms with Crippen molar-refractivity contribution in [2.24, 2.45) is 28.6 Å². The van der Waals surface area contributed by atoms with Crippen LogP contribution >= 0.6 is 0 Å². The summed E-state index contributed by atoms with van der Waals surface area (Å²) in [7, 11) is -3.91. The average Bonchev–Trinajstić information content (AvgIpc) is 3.09. The molecule has 3 saturated carbocycles. The van der Waals surface area contributed by atoms with Crippen molar-refractivity contribution in [1.82, 2.24) is 0 Å². The molecule has 0 aromatic rings. The number of fused-ring (bicyclic) bond motifs is 5. The Morgan fingerprint density at radius 3 is 2.62 bits per heavy atom. The molecule has 1 unspecified atom stereocenters. The van der Waals surface area contributed by atoms with Crippen LogP contribution in [0.15, 0.2) is 23.8 Å². The summed E-state index contributed by atoms with van der Waals surface area (Å²) in [4.78, 5) is 38.5. The molecule has 0 aromatic heterocycles. The van der Waals surface area contributed by atoms with Crippen LogP contribution in [0.3, 0.4) is 0 Å². The van der Waals surface area contributed by atoms with Crippen molar-refractivity contribution < 1.29 is 41.6 Å². The van der Waals surface area contributed by atoms with Crippen LogP contribution in [0, 0.1) is 28.6 Å².